The van der Waals surface area contributed by atoms with Gasteiger partial charge in [0.25, 0.3) is 0 Å². The van der Waals surface area contributed by atoms with E-state index in [2.05, 4.69) is 22.0 Å². The number of H-pyrrole nitrogens is 1. The van der Waals surface area contributed by atoms with Crippen molar-refractivity contribution in [3.8, 4) is 0 Å². The molecule has 1 heterocycles. The summed E-state index contributed by atoms with van der Waals surface area (Å²) in [4.78, 5) is 14.4. The number of hydrogen-bond donors (Lipinski definition) is 2. The third-order valence-electron chi connectivity index (χ3n) is 3.54. The van der Waals surface area contributed by atoms with Gasteiger partial charge in [0.1, 0.15) is 5.69 Å². The summed E-state index contributed by atoms with van der Waals surface area (Å²) in [5, 5.41) is 4.34. The number of rotatable bonds is 6. The summed E-state index contributed by atoms with van der Waals surface area (Å²) in [6, 6.07) is 4.31. The van der Waals surface area contributed by atoms with Gasteiger partial charge >= 0.3 is 5.97 Å². The molecule has 0 radical (unpaired) electrons. The van der Waals surface area contributed by atoms with Crippen molar-refractivity contribution in [2.75, 3.05) is 12.9 Å². The number of ether oxygens (including phenoxy) is 1. The lowest BCUT2D eigenvalue weighted by molar-refractivity contribution is 0.0594. The Bertz CT molecular complexity index is 419. The minimum atomic E-state index is -0.313. The molecule has 1 aliphatic carbocycles. The van der Waals surface area contributed by atoms with Gasteiger partial charge in [-0.2, -0.15) is 11.8 Å². The Morgan fingerprint density at radius 1 is 1.53 bits per heavy atom. The number of carbonyl (C=O) groups excluding carboxylic acids is 1. The lowest BCUT2D eigenvalue weighted by atomic mass is 10.2. The normalized spacial score (nSPS) is 22.6. The Kier molecular flexibility index (Phi) is 5.34. The molecule has 2 N–H and O–H groups in total. The van der Waals surface area contributed by atoms with Gasteiger partial charge in [0.15, 0.2) is 0 Å². The lowest BCUT2D eigenvalue weighted by Crippen LogP contribution is -2.33. The van der Waals surface area contributed by atoms with E-state index in [9.17, 15) is 4.79 Å². The Morgan fingerprint density at radius 3 is 3.11 bits per heavy atom. The first-order valence-electron chi connectivity index (χ1n) is 6.85. The molecule has 2 unspecified atom stereocenters. The molecular formula is C14H22N2O2S. The van der Waals surface area contributed by atoms with Gasteiger partial charge in [-0.3, -0.25) is 0 Å². The molecule has 1 aliphatic rings. The standard InChI is InChI=1S/C14H22N2O2S/c1-3-19-13-6-4-5-11(13)15-9-10-7-8-12(16-10)14(17)18-2/h7-8,11,13,15-16H,3-6,9H2,1-2H3. The number of carbonyl (C=O) groups is 1. The first kappa shape index (κ1) is 14.5. The quantitative estimate of drug-likeness (QED) is 0.787. The molecule has 2 rings (SSSR count). The van der Waals surface area contributed by atoms with E-state index < -0.39 is 0 Å². The van der Waals surface area contributed by atoms with Crippen molar-refractivity contribution in [3.05, 3.63) is 23.5 Å². The van der Waals surface area contributed by atoms with Crippen LogP contribution >= 0.6 is 11.8 Å². The average molecular weight is 282 g/mol. The Balaban J connectivity index is 1.84. The van der Waals surface area contributed by atoms with Crippen LogP contribution in [0.5, 0.6) is 0 Å². The monoisotopic (exact) mass is 282 g/mol. The summed E-state index contributed by atoms with van der Waals surface area (Å²) in [7, 11) is 1.40. The smallest absolute Gasteiger partial charge is 0.354 e. The fourth-order valence-corrected chi connectivity index (χ4v) is 3.81. The highest BCUT2D eigenvalue weighted by molar-refractivity contribution is 7.99. The molecule has 1 aromatic rings. The molecule has 2 atom stereocenters. The Morgan fingerprint density at radius 2 is 2.37 bits per heavy atom. The topological polar surface area (TPSA) is 54.1 Å². The van der Waals surface area contributed by atoms with Crippen LogP contribution in [-0.2, 0) is 11.3 Å². The highest BCUT2D eigenvalue weighted by atomic mass is 32.2. The maximum absolute atomic E-state index is 11.3. The van der Waals surface area contributed by atoms with E-state index in [-0.39, 0.29) is 5.97 Å². The summed E-state index contributed by atoms with van der Waals surface area (Å²) in [5.74, 6) is 0.865. The van der Waals surface area contributed by atoms with Crippen LogP contribution in [0.3, 0.4) is 0 Å². The molecule has 0 saturated heterocycles. The van der Waals surface area contributed by atoms with Gasteiger partial charge in [-0.05, 0) is 30.7 Å². The average Bonchev–Trinajstić information content (AvgIpc) is 3.05. The number of esters is 1. The summed E-state index contributed by atoms with van der Waals surface area (Å²) in [6.45, 7) is 3.00. The predicted molar refractivity (Wildman–Crippen MR) is 78.5 cm³/mol. The first-order chi connectivity index (χ1) is 9.24. The Hall–Kier alpha value is -0.940. The number of aromatic amines is 1. The Labute approximate surface area is 118 Å². The van der Waals surface area contributed by atoms with Crippen molar-refractivity contribution in [2.24, 2.45) is 0 Å². The minimum absolute atomic E-state index is 0.313. The fraction of sp³-hybridized carbons (Fsp3) is 0.643. The van der Waals surface area contributed by atoms with E-state index in [1.54, 1.807) is 6.07 Å². The molecule has 0 bridgehead atoms. The molecule has 0 spiro atoms. The number of nitrogens with one attached hydrogen (secondary N) is 2. The molecule has 1 saturated carbocycles. The fourth-order valence-electron chi connectivity index (χ4n) is 2.59. The zero-order chi connectivity index (χ0) is 13.7. The van der Waals surface area contributed by atoms with Crippen molar-refractivity contribution < 1.29 is 9.53 Å². The van der Waals surface area contributed by atoms with Gasteiger partial charge in [0, 0.05) is 23.5 Å². The highest BCUT2D eigenvalue weighted by Crippen LogP contribution is 2.29. The van der Waals surface area contributed by atoms with Gasteiger partial charge in [0.05, 0.1) is 7.11 Å². The minimum Gasteiger partial charge on any atom is -0.464 e. The van der Waals surface area contributed by atoms with Gasteiger partial charge in [0.2, 0.25) is 0 Å². The van der Waals surface area contributed by atoms with E-state index in [4.69, 9.17) is 0 Å². The number of thioether (sulfide) groups is 1. The molecule has 0 amide bonds. The van der Waals surface area contributed by atoms with E-state index in [1.165, 1.54) is 32.1 Å². The molecule has 0 aliphatic heterocycles. The second-order valence-electron chi connectivity index (χ2n) is 4.80. The van der Waals surface area contributed by atoms with Gasteiger partial charge in [-0.25, -0.2) is 4.79 Å². The third kappa shape index (κ3) is 3.76. The van der Waals surface area contributed by atoms with Crippen LogP contribution in [0.4, 0.5) is 0 Å². The summed E-state index contributed by atoms with van der Waals surface area (Å²) >= 11 is 2.05. The molecule has 0 aromatic carbocycles. The molecule has 106 valence electrons. The van der Waals surface area contributed by atoms with Crippen molar-refractivity contribution in [1.82, 2.24) is 10.3 Å². The van der Waals surface area contributed by atoms with Crippen molar-refractivity contribution in [1.29, 1.82) is 0 Å². The second-order valence-corrected chi connectivity index (χ2v) is 6.32. The maximum atomic E-state index is 11.3. The SMILES string of the molecule is CCSC1CCCC1NCc1ccc(C(=O)OC)[nH]1. The van der Waals surface area contributed by atoms with Crippen LogP contribution < -0.4 is 5.32 Å². The lowest BCUT2D eigenvalue weighted by Gasteiger charge is -2.19. The van der Waals surface area contributed by atoms with Crippen LogP contribution in [0.2, 0.25) is 0 Å². The molecule has 1 fully saturated rings. The molecule has 1 aromatic heterocycles. The van der Waals surface area contributed by atoms with Gasteiger partial charge in [-0.1, -0.05) is 13.3 Å². The van der Waals surface area contributed by atoms with E-state index in [0.29, 0.717) is 11.7 Å². The summed E-state index contributed by atoms with van der Waals surface area (Å²) in [5.41, 5.74) is 1.55. The van der Waals surface area contributed by atoms with Crippen molar-refractivity contribution in [3.63, 3.8) is 0 Å². The van der Waals surface area contributed by atoms with Crippen LogP contribution in [0.1, 0.15) is 42.4 Å². The number of hydrogen-bond acceptors (Lipinski definition) is 4. The van der Waals surface area contributed by atoms with Crippen molar-refractivity contribution >= 4 is 17.7 Å². The first-order valence-corrected chi connectivity index (χ1v) is 7.90. The molecule has 4 nitrogen and oxygen atoms in total. The predicted octanol–water partition coefficient (Wildman–Crippen LogP) is 2.57. The molecule has 19 heavy (non-hydrogen) atoms. The number of methoxy groups -OCH3 is 1. The van der Waals surface area contributed by atoms with Crippen LogP contribution in [0, 0.1) is 0 Å². The van der Waals surface area contributed by atoms with E-state index in [1.807, 2.05) is 17.8 Å². The summed E-state index contributed by atoms with van der Waals surface area (Å²) in [6.07, 6.45) is 3.88. The number of aromatic nitrogens is 1. The highest BCUT2D eigenvalue weighted by Gasteiger charge is 2.26. The summed E-state index contributed by atoms with van der Waals surface area (Å²) < 4.78 is 4.68. The second kappa shape index (κ2) is 7.01. The largest absolute Gasteiger partial charge is 0.464 e. The van der Waals surface area contributed by atoms with Crippen molar-refractivity contribution in [2.45, 2.75) is 44.0 Å². The zero-order valence-corrected chi connectivity index (χ0v) is 12.4. The zero-order valence-electron chi connectivity index (χ0n) is 11.6. The maximum Gasteiger partial charge on any atom is 0.354 e. The van der Waals surface area contributed by atoms with Crippen LogP contribution in [0.15, 0.2) is 12.1 Å². The van der Waals surface area contributed by atoms with Crippen LogP contribution in [0.25, 0.3) is 0 Å². The van der Waals surface area contributed by atoms with Crippen LogP contribution in [-0.4, -0.2) is 35.1 Å². The van der Waals surface area contributed by atoms with Gasteiger partial charge in [-0.15, -0.1) is 0 Å². The molecule has 5 heteroatoms. The van der Waals surface area contributed by atoms with E-state index >= 15 is 0 Å². The van der Waals surface area contributed by atoms with Gasteiger partial charge < -0.3 is 15.0 Å². The third-order valence-corrected chi connectivity index (χ3v) is 4.87. The molecular weight excluding hydrogens is 260 g/mol. The van der Waals surface area contributed by atoms with E-state index in [0.717, 1.165) is 17.5 Å².